The summed E-state index contributed by atoms with van der Waals surface area (Å²) >= 11 is 5.57. The van der Waals surface area contributed by atoms with Gasteiger partial charge in [0, 0.05) is 48.9 Å². The van der Waals surface area contributed by atoms with Gasteiger partial charge in [-0.15, -0.1) is 5.10 Å². The fourth-order valence-electron chi connectivity index (χ4n) is 3.49. The summed E-state index contributed by atoms with van der Waals surface area (Å²) in [6.45, 7) is 2.59. The average Bonchev–Trinajstić information content (AvgIpc) is 3.13. The summed E-state index contributed by atoms with van der Waals surface area (Å²) in [5.74, 6) is 0.776. The minimum atomic E-state index is -0.358. The lowest BCUT2D eigenvalue weighted by atomic mass is 10.1. The standard InChI is InChI=1S/C18H18N6O2S/c1-12-9-14-10-15(24(25)26)3-4-16(14)22(12)11-23-18(27)21(2)17(20-23)13-5-7-19-8-6-13/h3-8,10,12H,9,11H2,1-2H3/t12-/m0/s1. The number of nitrogens with zero attached hydrogens (tertiary/aromatic N) is 6. The molecule has 8 nitrogen and oxygen atoms in total. The fourth-order valence-corrected chi connectivity index (χ4v) is 3.67. The molecule has 0 amide bonds. The first-order chi connectivity index (χ1) is 13.0. The maximum atomic E-state index is 11.0. The quantitative estimate of drug-likeness (QED) is 0.391. The van der Waals surface area contributed by atoms with E-state index in [-0.39, 0.29) is 16.7 Å². The SMILES string of the molecule is C[C@H]1Cc2cc([N+](=O)[O-])ccc2N1Cn1nc(-c2ccncc2)n(C)c1=S. The molecule has 0 unspecified atom stereocenters. The summed E-state index contributed by atoms with van der Waals surface area (Å²) in [7, 11) is 1.90. The molecule has 0 N–H and O–H groups in total. The van der Waals surface area contributed by atoms with E-state index >= 15 is 0 Å². The maximum Gasteiger partial charge on any atom is 0.269 e. The van der Waals surface area contributed by atoms with Gasteiger partial charge in [0.25, 0.3) is 5.69 Å². The first-order valence-electron chi connectivity index (χ1n) is 8.54. The van der Waals surface area contributed by atoms with Gasteiger partial charge in [-0.05, 0) is 49.3 Å². The third-order valence-electron chi connectivity index (χ3n) is 4.90. The topological polar surface area (TPSA) is 82.0 Å². The summed E-state index contributed by atoms with van der Waals surface area (Å²) in [6, 6.07) is 9.02. The molecule has 1 aromatic carbocycles. The van der Waals surface area contributed by atoms with Crippen LogP contribution in [0, 0.1) is 14.9 Å². The van der Waals surface area contributed by atoms with Gasteiger partial charge in [-0.3, -0.25) is 15.1 Å². The van der Waals surface area contributed by atoms with E-state index in [0.717, 1.165) is 29.1 Å². The van der Waals surface area contributed by atoms with E-state index in [9.17, 15) is 10.1 Å². The second-order valence-electron chi connectivity index (χ2n) is 6.64. The number of rotatable bonds is 4. The zero-order chi connectivity index (χ0) is 19.1. The lowest BCUT2D eigenvalue weighted by Gasteiger charge is -2.24. The van der Waals surface area contributed by atoms with Crippen LogP contribution < -0.4 is 4.90 Å². The Hall–Kier alpha value is -3.07. The second-order valence-corrected chi connectivity index (χ2v) is 7.00. The molecule has 3 heterocycles. The summed E-state index contributed by atoms with van der Waals surface area (Å²) in [6.07, 6.45) is 4.21. The molecule has 0 aliphatic carbocycles. The zero-order valence-corrected chi connectivity index (χ0v) is 15.8. The molecule has 3 aromatic rings. The van der Waals surface area contributed by atoms with Crippen molar-refractivity contribution in [3.8, 4) is 11.4 Å². The minimum absolute atomic E-state index is 0.122. The predicted molar refractivity (Wildman–Crippen MR) is 104 cm³/mol. The van der Waals surface area contributed by atoms with E-state index in [4.69, 9.17) is 17.3 Å². The Morgan fingerprint density at radius 1 is 1.30 bits per heavy atom. The van der Waals surface area contributed by atoms with E-state index in [2.05, 4.69) is 16.8 Å². The summed E-state index contributed by atoms with van der Waals surface area (Å²) in [5.41, 5.74) is 3.04. The first-order valence-corrected chi connectivity index (χ1v) is 8.94. The Morgan fingerprint density at radius 3 is 2.74 bits per heavy atom. The van der Waals surface area contributed by atoms with Crippen LogP contribution in [0.5, 0.6) is 0 Å². The molecule has 1 aliphatic rings. The molecule has 0 saturated heterocycles. The van der Waals surface area contributed by atoms with Gasteiger partial charge in [0.2, 0.25) is 0 Å². The second kappa shape index (κ2) is 6.58. The molecule has 4 rings (SSSR count). The molecule has 1 aliphatic heterocycles. The summed E-state index contributed by atoms with van der Waals surface area (Å²) in [4.78, 5) is 16.9. The number of hydrogen-bond acceptors (Lipinski definition) is 6. The Morgan fingerprint density at radius 2 is 2.04 bits per heavy atom. The molecular weight excluding hydrogens is 364 g/mol. The third kappa shape index (κ3) is 2.99. The van der Waals surface area contributed by atoms with E-state index in [1.165, 1.54) is 0 Å². The number of benzene rings is 1. The number of anilines is 1. The Labute approximate surface area is 160 Å². The number of hydrogen-bond donors (Lipinski definition) is 0. The monoisotopic (exact) mass is 382 g/mol. The number of fused-ring (bicyclic) bond motifs is 1. The van der Waals surface area contributed by atoms with Crippen molar-refractivity contribution < 1.29 is 4.92 Å². The molecular formula is C18H18N6O2S. The van der Waals surface area contributed by atoms with Gasteiger partial charge in [0.05, 0.1) is 4.92 Å². The molecule has 138 valence electrons. The highest BCUT2D eigenvalue weighted by Gasteiger charge is 2.28. The van der Waals surface area contributed by atoms with E-state index < -0.39 is 0 Å². The summed E-state index contributed by atoms with van der Waals surface area (Å²) < 4.78 is 4.28. The van der Waals surface area contributed by atoms with Crippen LogP contribution in [0.1, 0.15) is 12.5 Å². The maximum absolute atomic E-state index is 11.0. The molecule has 0 fully saturated rings. The third-order valence-corrected chi connectivity index (χ3v) is 5.38. The average molecular weight is 382 g/mol. The van der Waals surface area contributed by atoms with Crippen LogP contribution >= 0.6 is 12.2 Å². The van der Waals surface area contributed by atoms with Crippen LogP contribution in [0.3, 0.4) is 0 Å². The Balaban J connectivity index is 1.68. The largest absolute Gasteiger partial charge is 0.349 e. The van der Waals surface area contributed by atoms with Crippen LogP contribution in [0.4, 0.5) is 11.4 Å². The van der Waals surface area contributed by atoms with Crippen molar-refractivity contribution in [3.05, 3.63) is 63.2 Å². The molecule has 9 heteroatoms. The molecule has 2 aromatic heterocycles. The number of nitro benzene ring substituents is 1. The van der Waals surface area contributed by atoms with Crippen molar-refractivity contribution in [2.45, 2.75) is 26.1 Å². The zero-order valence-electron chi connectivity index (χ0n) is 14.9. The highest BCUT2D eigenvalue weighted by molar-refractivity contribution is 7.71. The van der Waals surface area contributed by atoms with Crippen molar-refractivity contribution in [3.63, 3.8) is 0 Å². The van der Waals surface area contributed by atoms with Crippen LogP contribution in [0.2, 0.25) is 0 Å². The van der Waals surface area contributed by atoms with Crippen LogP contribution in [0.15, 0.2) is 42.7 Å². The van der Waals surface area contributed by atoms with Crippen molar-refractivity contribution in [1.82, 2.24) is 19.3 Å². The molecule has 0 saturated carbocycles. The number of pyridine rings is 1. The van der Waals surface area contributed by atoms with Gasteiger partial charge in [-0.1, -0.05) is 0 Å². The smallest absolute Gasteiger partial charge is 0.269 e. The van der Waals surface area contributed by atoms with E-state index in [0.29, 0.717) is 11.4 Å². The lowest BCUT2D eigenvalue weighted by molar-refractivity contribution is -0.384. The Kier molecular flexibility index (Phi) is 4.23. The van der Waals surface area contributed by atoms with E-state index in [1.54, 1.807) is 29.2 Å². The van der Waals surface area contributed by atoms with Crippen molar-refractivity contribution in [1.29, 1.82) is 0 Å². The molecule has 0 bridgehead atoms. The van der Waals surface area contributed by atoms with Gasteiger partial charge in [0.1, 0.15) is 6.67 Å². The van der Waals surface area contributed by atoms with Crippen LogP contribution in [-0.4, -0.2) is 30.3 Å². The van der Waals surface area contributed by atoms with Crippen molar-refractivity contribution in [2.75, 3.05) is 4.90 Å². The first kappa shape index (κ1) is 17.3. The van der Waals surface area contributed by atoms with Gasteiger partial charge >= 0.3 is 0 Å². The van der Waals surface area contributed by atoms with Crippen LogP contribution in [0.25, 0.3) is 11.4 Å². The van der Waals surface area contributed by atoms with Crippen LogP contribution in [-0.2, 0) is 20.1 Å². The fraction of sp³-hybridized carbons (Fsp3) is 0.278. The molecule has 27 heavy (non-hydrogen) atoms. The van der Waals surface area contributed by atoms with Crippen molar-refractivity contribution >= 4 is 23.6 Å². The minimum Gasteiger partial charge on any atom is -0.349 e. The Bertz CT molecular complexity index is 1080. The van der Waals surface area contributed by atoms with Gasteiger partial charge < -0.3 is 9.47 Å². The molecule has 1 atom stereocenters. The van der Waals surface area contributed by atoms with E-state index in [1.807, 2.05) is 29.8 Å². The number of nitro groups is 1. The lowest BCUT2D eigenvalue weighted by Crippen LogP contribution is -2.32. The van der Waals surface area contributed by atoms with Gasteiger partial charge in [-0.25, -0.2) is 4.68 Å². The van der Waals surface area contributed by atoms with Gasteiger partial charge in [-0.2, -0.15) is 0 Å². The number of non-ortho nitro benzene ring substituents is 1. The van der Waals surface area contributed by atoms with Gasteiger partial charge in [0.15, 0.2) is 10.6 Å². The molecule has 0 spiro atoms. The predicted octanol–water partition coefficient (Wildman–Crippen LogP) is 3.33. The number of aromatic nitrogens is 4. The normalized spacial score (nSPS) is 15.8. The molecule has 0 radical (unpaired) electrons. The summed E-state index contributed by atoms with van der Waals surface area (Å²) in [5, 5.41) is 15.7. The highest BCUT2D eigenvalue weighted by atomic mass is 32.1. The van der Waals surface area contributed by atoms with Crippen molar-refractivity contribution in [2.24, 2.45) is 7.05 Å². The highest BCUT2D eigenvalue weighted by Crippen LogP contribution is 2.35.